The van der Waals surface area contributed by atoms with Crippen molar-refractivity contribution in [3.8, 4) is 17.2 Å². The van der Waals surface area contributed by atoms with Crippen molar-refractivity contribution in [2.24, 2.45) is 0 Å². The van der Waals surface area contributed by atoms with Crippen molar-refractivity contribution in [2.45, 2.75) is 6.42 Å². The molecule has 0 atom stereocenters. The normalized spacial score (nSPS) is 10.0. The molecule has 0 radical (unpaired) electrons. The van der Waals surface area contributed by atoms with Crippen LogP contribution in [0, 0.1) is 0 Å². The maximum absolute atomic E-state index is 12.0. The van der Waals surface area contributed by atoms with Gasteiger partial charge in [-0.25, -0.2) is 0 Å². The van der Waals surface area contributed by atoms with Crippen molar-refractivity contribution in [2.75, 3.05) is 33.9 Å². The molecule has 2 aromatic rings. The molecule has 0 spiro atoms. The van der Waals surface area contributed by atoms with Gasteiger partial charge in [-0.2, -0.15) is 0 Å². The van der Waals surface area contributed by atoms with Gasteiger partial charge in [-0.1, -0.05) is 24.3 Å². The number of carbonyl (C=O) groups is 2. The molecule has 2 rings (SSSR count). The highest BCUT2D eigenvalue weighted by atomic mass is 16.5. The molecule has 0 heterocycles. The highest BCUT2D eigenvalue weighted by Crippen LogP contribution is 2.27. The first-order chi connectivity index (χ1) is 13.1. The third-order valence-corrected chi connectivity index (χ3v) is 3.70. The van der Waals surface area contributed by atoms with Gasteiger partial charge in [0.1, 0.15) is 5.75 Å². The van der Waals surface area contributed by atoms with E-state index in [9.17, 15) is 9.59 Å². The van der Waals surface area contributed by atoms with Crippen LogP contribution in [0.4, 0.5) is 0 Å². The number of para-hydroxylation sites is 1. The minimum Gasteiger partial charge on any atom is -0.493 e. The number of amides is 2. The standard InChI is InChI=1S/C20H24N2O5/c1-25-17-9-8-15(12-18(17)26-2)13-19(23)21-10-11-22-20(24)14-27-16-6-4-3-5-7-16/h3-9,12H,10-11,13-14H2,1-2H3,(H,21,23)(H,22,24). The van der Waals surface area contributed by atoms with Crippen LogP contribution in [0.2, 0.25) is 0 Å². The molecule has 0 bridgehead atoms. The maximum atomic E-state index is 12.0. The van der Waals surface area contributed by atoms with E-state index in [1.807, 2.05) is 24.3 Å². The van der Waals surface area contributed by atoms with Crippen LogP contribution in [-0.2, 0) is 16.0 Å². The van der Waals surface area contributed by atoms with Crippen molar-refractivity contribution in [1.82, 2.24) is 10.6 Å². The predicted octanol–water partition coefficient (Wildman–Crippen LogP) is 1.56. The van der Waals surface area contributed by atoms with Gasteiger partial charge >= 0.3 is 0 Å². The molecule has 0 aliphatic heterocycles. The molecular weight excluding hydrogens is 348 g/mol. The van der Waals surface area contributed by atoms with Crippen LogP contribution in [0.1, 0.15) is 5.56 Å². The topological polar surface area (TPSA) is 85.9 Å². The molecule has 0 aliphatic rings. The minimum absolute atomic E-state index is 0.0659. The van der Waals surface area contributed by atoms with Crippen LogP contribution in [0.25, 0.3) is 0 Å². The summed E-state index contributed by atoms with van der Waals surface area (Å²) in [6.45, 7) is 0.599. The minimum atomic E-state index is -0.243. The monoisotopic (exact) mass is 372 g/mol. The first-order valence-corrected chi connectivity index (χ1v) is 8.54. The molecular formula is C20H24N2O5. The Balaban J connectivity index is 1.65. The Labute approximate surface area is 158 Å². The zero-order valence-electron chi connectivity index (χ0n) is 15.5. The predicted molar refractivity (Wildman–Crippen MR) is 101 cm³/mol. The summed E-state index contributed by atoms with van der Waals surface area (Å²) >= 11 is 0. The molecule has 7 nitrogen and oxygen atoms in total. The fourth-order valence-electron chi connectivity index (χ4n) is 2.36. The van der Waals surface area contributed by atoms with Crippen LogP contribution >= 0.6 is 0 Å². The molecule has 0 unspecified atom stereocenters. The van der Waals surface area contributed by atoms with Gasteiger partial charge in [0, 0.05) is 13.1 Å². The smallest absolute Gasteiger partial charge is 0.258 e. The summed E-state index contributed by atoms with van der Waals surface area (Å²) in [6.07, 6.45) is 0.214. The van der Waals surface area contributed by atoms with E-state index >= 15 is 0 Å². The quantitative estimate of drug-likeness (QED) is 0.618. The number of hydrogen-bond acceptors (Lipinski definition) is 5. The number of rotatable bonds is 10. The molecule has 0 aromatic heterocycles. The van der Waals surface area contributed by atoms with Gasteiger partial charge in [-0.05, 0) is 29.8 Å². The Morgan fingerprint density at radius 3 is 2.19 bits per heavy atom. The number of hydrogen-bond donors (Lipinski definition) is 2. The fraction of sp³-hybridized carbons (Fsp3) is 0.300. The van der Waals surface area contributed by atoms with E-state index in [0.717, 1.165) is 5.56 Å². The Morgan fingerprint density at radius 1 is 0.852 bits per heavy atom. The highest BCUT2D eigenvalue weighted by molar-refractivity contribution is 5.79. The second-order valence-electron chi connectivity index (χ2n) is 5.67. The van der Waals surface area contributed by atoms with Crippen LogP contribution in [0.5, 0.6) is 17.2 Å². The second-order valence-corrected chi connectivity index (χ2v) is 5.67. The van der Waals surface area contributed by atoms with E-state index < -0.39 is 0 Å². The summed E-state index contributed by atoms with van der Waals surface area (Å²) in [5.74, 6) is 1.44. The summed E-state index contributed by atoms with van der Waals surface area (Å²) in [5.41, 5.74) is 0.811. The number of carbonyl (C=O) groups excluding carboxylic acids is 2. The molecule has 144 valence electrons. The molecule has 0 saturated heterocycles. The van der Waals surface area contributed by atoms with Gasteiger partial charge in [-0.15, -0.1) is 0 Å². The number of nitrogens with one attached hydrogen (secondary N) is 2. The van der Waals surface area contributed by atoms with E-state index in [0.29, 0.717) is 30.3 Å². The van der Waals surface area contributed by atoms with E-state index in [2.05, 4.69) is 10.6 Å². The maximum Gasteiger partial charge on any atom is 0.258 e. The van der Waals surface area contributed by atoms with Crippen molar-refractivity contribution in [1.29, 1.82) is 0 Å². The number of benzene rings is 2. The molecule has 0 saturated carbocycles. The molecule has 2 N–H and O–H groups in total. The fourth-order valence-corrected chi connectivity index (χ4v) is 2.36. The zero-order chi connectivity index (χ0) is 19.5. The highest BCUT2D eigenvalue weighted by Gasteiger charge is 2.08. The number of methoxy groups -OCH3 is 2. The molecule has 2 aromatic carbocycles. The average molecular weight is 372 g/mol. The van der Waals surface area contributed by atoms with Crippen molar-refractivity contribution >= 4 is 11.8 Å². The van der Waals surface area contributed by atoms with Crippen molar-refractivity contribution in [3.63, 3.8) is 0 Å². The van der Waals surface area contributed by atoms with Crippen LogP contribution in [0.3, 0.4) is 0 Å². The molecule has 7 heteroatoms. The Hall–Kier alpha value is -3.22. The molecule has 0 fully saturated rings. The van der Waals surface area contributed by atoms with Gasteiger partial charge in [0.05, 0.1) is 20.6 Å². The van der Waals surface area contributed by atoms with E-state index in [1.165, 1.54) is 0 Å². The van der Waals surface area contributed by atoms with Crippen LogP contribution in [-0.4, -0.2) is 45.7 Å². The lowest BCUT2D eigenvalue weighted by Gasteiger charge is -2.10. The van der Waals surface area contributed by atoms with Gasteiger partial charge in [0.2, 0.25) is 5.91 Å². The molecule has 2 amide bonds. The lowest BCUT2D eigenvalue weighted by atomic mass is 10.1. The van der Waals surface area contributed by atoms with Crippen molar-refractivity contribution < 1.29 is 23.8 Å². The van der Waals surface area contributed by atoms with Gasteiger partial charge in [-0.3, -0.25) is 9.59 Å². The summed E-state index contributed by atoms with van der Waals surface area (Å²) < 4.78 is 15.7. The average Bonchev–Trinajstić information content (AvgIpc) is 2.70. The second kappa shape index (κ2) is 10.7. The van der Waals surface area contributed by atoms with E-state index in [-0.39, 0.29) is 24.8 Å². The van der Waals surface area contributed by atoms with E-state index in [4.69, 9.17) is 14.2 Å². The molecule has 0 aliphatic carbocycles. The van der Waals surface area contributed by atoms with Crippen LogP contribution < -0.4 is 24.8 Å². The Kier molecular flexibility index (Phi) is 7.96. The third-order valence-electron chi connectivity index (χ3n) is 3.70. The lowest BCUT2D eigenvalue weighted by molar-refractivity contribution is -0.124. The van der Waals surface area contributed by atoms with E-state index in [1.54, 1.807) is 38.5 Å². The van der Waals surface area contributed by atoms with Crippen LogP contribution in [0.15, 0.2) is 48.5 Å². The Morgan fingerprint density at radius 2 is 1.52 bits per heavy atom. The SMILES string of the molecule is COc1ccc(CC(=O)NCCNC(=O)COc2ccccc2)cc1OC. The largest absolute Gasteiger partial charge is 0.493 e. The Bertz CT molecular complexity index is 749. The summed E-state index contributed by atoms with van der Waals surface area (Å²) in [6, 6.07) is 14.4. The number of ether oxygens (including phenoxy) is 3. The summed E-state index contributed by atoms with van der Waals surface area (Å²) in [5, 5.41) is 5.45. The van der Waals surface area contributed by atoms with Gasteiger partial charge in [0.25, 0.3) is 5.91 Å². The third kappa shape index (κ3) is 6.89. The zero-order valence-corrected chi connectivity index (χ0v) is 15.5. The molecule has 27 heavy (non-hydrogen) atoms. The van der Waals surface area contributed by atoms with Gasteiger partial charge in [0.15, 0.2) is 18.1 Å². The summed E-state index contributed by atoms with van der Waals surface area (Å²) in [7, 11) is 3.11. The van der Waals surface area contributed by atoms with Gasteiger partial charge < -0.3 is 24.8 Å². The lowest BCUT2D eigenvalue weighted by Crippen LogP contribution is -2.37. The first-order valence-electron chi connectivity index (χ1n) is 8.54. The first kappa shape index (κ1) is 20.1. The van der Waals surface area contributed by atoms with Crippen molar-refractivity contribution in [3.05, 3.63) is 54.1 Å². The summed E-state index contributed by atoms with van der Waals surface area (Å²) in [4.78, 5) is 23.7.